The predicted octanol–water partition coefficient (Wildman–Crippen LogP) is 7.49. The maximum Gasteiger partial charge on any atom is 0.343 e. The molecule has 0 aliphatic heterocycles. The quantitative estimate of drug-likeness (QED) is 0.0526. The van der Waals surface area contributed by atoms with Gasteiger partial charge in [0.1, 0.15) is 36.0 Å². The average Bonchev–Trinajstić information content (AvgIpc) is 3.05. The summed E-state index contributed by atoms with van der Waals surface area (Å²) in [5.41, 5.74) is 3.07. The molecule has 0 amide bonds. The molecule has 6 aromatic rings. The number of fused-ring (bicyclic) bond motifs is 2. The normalized spacial score (nSPS) is 11.1. The molecule has 0 bridgehead atoms. The molecule has 0 aromatic heterocycles. The molecule has 10 heteroatoms. The Kier molecular flexibility index (Phi) is 8.48. The Morgan fingerprint density at radius 1 is 0.609 bits per heavy atom. The molecule has 0 saturated carbocycles. The van der Waals surface area contributed by atoms with Gasteiger partial charge in [-0.15, -0.1) is 0 Å². The maximum absolute atomic E-state index is 12.8. The number of hydrogen-bond acceptors (Lipinski definition) is 9. The first-order valence-corrected chi connectivity index (χ1v) is 14.0. The number of phenolic OH excluding ortho intramolecular Hbond substituents is 1. The van der Waals surface area contributed by atoms with Crippen LogP contribution in [-0.4, -0.2) is 32.5 Å². The van der Waals surface area contributed by atoms with Gasteiger partial charge in [-0.3, -0.25) is 5.26 Å². The van der Waals surface area contributed by atoms with E-state index < -0.39 is 11.9 Å². The Hall–Kier alpha value is -5.94. The zero-order chi connectivity index (χ0) is 32.2. The summed E-state index contributed by atoms with van der Waals surface area (Å²) < 4.78 is 5.52. The van der Waals surface area contributed by atoms with Gasteiger partial charge in [-0.1, -0.05) is 42.5 Å². The Morgan fingerprint density at radius 2 is 1.24 bits per heavy atom. The van der Waals surface area contributed by atoms with Gasteiger partial charge in [-0.25, -0.2) is 14.5 Å². The third-order valence-corrected chi connectivity index (χ3v) is 7.38. The molecule has 0 spiro atoms. The van der Waals surface area contributed by atoms with Crippen LogP contribution in [0.15, 0.2) is 109 Å². The first-order chi connectivity index (χ1) is 22.3. The van der Waals surface area contributed by atoms with Crippen LogP contribution in [0.5, 0.6) is 23.0 Å². The van der Waals surface area contributed by atoms with Crippen molar-refractivity contribution in [2.75, 3.05) is 0 Å². The molecule has 0 unspecified atom stereocenters. The van der Waals surface area contributed by atoms with E-state index in [0.29, 0.717) is 27.8 Å². The van der Waals surface area contributed by atoms with Crippen molar-refractivity contribution < 1.29 is 49.6 Å². The van der Waals surface area contributed by atoms with Gasteiger partial charge in [0.05, 0.1) is 5.56 Å². The predicted molar refractivity (Wildman–Crippen MR) is 168 cm³/mol. The molecular weight excluding hydrogens is 592 g/mol. The molecule has 6 rings (SSSR count). The maximum atomic E-state index is 12.8. The second-order valence-electron chi connectivity index (χ2n) is 10.5. The van der Waals surface area contributed by atoms with Gasteiger partial charge in [0.15, 0.2) is 5.75 Å². The number of ether oxygens (including phenoxy) is 1. The van der Waals surface area contributed by atoms with Crippen molar-refractivity contribution in [2.45, 2.75) is 13.2 Å². The fourth-order valence-electron chi connectivity index (χ4n) is 4.99. The minimum absolute atomic E-state index is 0.0394. The zero-order valence-corrected chi connectivity index (χ0v) is 24.0. The van der Waals surface area contributed by atoms with Crippen molar-refractivity contribution in [3.05, 3.63) is 131 Å². The fourth-order valence-corrected chi connectivity index (χ4v) is 4.99. The second-order valence-corrected chi connectivity index (χ2v) is 10.5. The van der Waals surface area contributed by atoms with Crippen LogP contribution in [0.4, 0.5) is 0 Å². The number of carboxylic acid groups (broad SMARTS) is 1. The molecule has 0 heterocycles. The molecule has 0 fully saturated rings. The summed E-state index contributed by atoms with van der Waals surface area (Å²) in [7, 11) is 0. The van der Waals surface area contributed by atoms with Crippen LogP contribution in [-0.2, 0) is 23.0 Å². The summed E-state index contributed by atoms with van der Waals surface area (Å²) >= 11 is 0. The number of carboxylic acids is 1. The van der Waals surface area contributed by atoms with Crippen LogP contribution in [0, 0.1) is 0 Å². The van der Waals surface area contributed by atoms with Crippen LogP contribution < -0.4 is 9.62 Å². The number of phenols is 2. The summed E-state index contributed by atoms with van der Waals surface area (Å²) in [5.74, 6) is -1.35. The van der Waals surface area contributed by atoms with Gasteiger partial charge in [0.25, 0.3) is 0 Å². The summed E-state index contributed by atoms with van der Waals surface area (Å²) in [6, 6.07) is 30.5. The third kappa shape index (κ3) is 6.59. The summed E-state index contributed by atoms with van der Waals surface area (Å²) in [6.45, 7) is 0.0509. The van der Waals surface area contributed by atoms with Gasteiger partial charge < -0.3 is 24.9 Å². The van der Waals surface area contributed by atoms with Crippen molar-refractivity contribution >= 4 is 33.5 Å². The summed E-state index contributed by atoms with van der Waals surface area (Å²) in [6.07, 6.45) is 0. The lowest BCUT2D eigenvalue weighted by Gasteiger charge is -2.09. The molecule has 4 N–H and O–H groups in total. The van der Waals surface area contributed by atoms with E-state index in [1.54, 1.807) is 48.5 Å². The van der Waals surface area contributed by atoms with Crippen LogP contribution in [0.3, 0.4) is 0 Å². The highest BCUT2D eigenvalue weighted by Gasteiger charge is 2.14. The molecule has 10 nitrogen and oxygen atoms in total. The number of carbonyl (C=O) groups excluding carboxylic acids is 1. The van der Waals surface area contributed by atoms with Gasteiger partial charge in [-0.05, 0) is 105 Å². The standard InChI is InChI=1S/C36H26O10/c37-33-17-24-2-1-21(13-27(24)15-29(33)20-43-42)19-44-46-31-11-7-23(8-12-31)22-5-9-30(10-6-22)45-36(41)26-4-3-25-18-34(38)32(35(39)40)16-28(25)14-26/h1-18,37-38,42H,19-20H2,(H,39,40). The number of aromatic carboxylic acids is 1. The van der Waals surface area contributed by atoms with E-state index in [4.69, 9.17) is 19.8 Å². The number of benzene rings is 6. The lowest BCUT2D eigenvalue weighted by Crippen LogP contribution is -2.08. The minimum Gasteiger partial charge on any atom is -0.508 e. The Balaban J connectivity index is 1.05. The topological polar surface area (TPSA) is 152 Å². The lowest BCUT2D eigenvalue weighted by molar-refractivity contribution is -0.253. The Morgan fingerprint density at radius 3 is 1.91 bits per heavy atom. The molecule has 0 atom stereocenters. The highest BCUT2D eigenvalue weighted by molar-refractivity contribution is 6.01. The Bertz CT molecular complexity index is 2070. The van der Waals surface area contributed by atoms with E-state index in [1.807, 2.05) is 42.5 Å². The zero-order valence-electron chi connectivity index (χ0n) is 24.0. The number of aromatic hydroxyl groups is 2. The molecule has 0 aliphatic rings. The molecule has 0 aliphatic carbocycles. The number of rotatable bonds is 10. The summed E-state index contributed by atoms with van der Waals surface area (Å²) in [4.78, 5) is 39.2. The fraction of sp³-hybridized carbons (Fsp3) is 0.0556. The van der Waals surface area contributed by atoms with E-state index >= 15 is 0 Å². The second kappa shape index (κ2) is 13.0. The van der Waals surface area contributed by atoms with Gasteiger partial charge in [0.2, 0.25) is 0 Å². The number of esters is 1. The molecule has 230 valence electrons. The highest BCUT2D eigenvalue weighted by atomic mass is 17.2. The molecular formula is C36H26O10. The minimum atomic E-state index is -1.27. The van der Waals surface area contributed by atoms with Crippen molar-refractivity contribution in [3.63, 3.8) is 0 Å². The monoisotopic (exact) mass is 618 g/mol. The Labute approximate surface area is 261 Å². The van der Waals surface area contributed by atoms with E-state index in [2.05, 4.69) is 4.89 Å². The SMILES string of the molecule is O=C(Oc1ccc(-c2ccc(OOCc3ccc4cc(O)c(COO)cc4c3)cc2)cc1)c1ccc2cc(O)c(C(=O)O)cc2c1. The number of carbonyl (C=O) groups is 2. The van der Waals surface area contributed by atoms with Crippen LogP contribution >= 0.6 is 0 Å². The summed E-state index contributed by atoms with van der Waals surface area (Å²) in [5, 5.41) is 40.7. The average molecular weight is 619 g/mol. The first-order valence-electron chi connectivity index (χ1n) is 14.0. The molecule has 0 saturated heterocycles. The van der Waals surface area contributed by atoms with Gasteiger partial charge in [-0.2, -0.15) is 4.89 Å². The molecule has 6 aromatic carbocycles. The van der Waals surface area contributed by atoms with Crippen LogP contribution in [0.25, 0.3) is 32.7 Å². The van der Waals surface area contributed by atoms with E-state index in [1.165, 1.54) is 18.2 Å². The van der Waals surface area contributed by atoms with Crippen molar-refractivity contribution in [1.29, 1.82) is 0 Å². The van der Waals surface area contributed by atoms with Crippen molar-refractivity contribution in [2.24, 2.45) is 0 Å². The highest BCUT2D eigenvalue weighted by Crippen LogP contribution is 2.29. The van der Waals surface area contributed by atoms with E-state index in [-0.39, 0.29) is 35.8 Å². The van der Waals surface area contributed by atoms with E-state index in [0.717, 1.165) is 27.5 Å². The van der Waals surface area contributed by atoms with Crippen molar-refractivity contribution in [1.82, 2.24) is 0 Å². The first kappa shape index (κ1) is 30.1. The van der Waals surface area contributed by atoms with Crippen LogP contribution in [0.2, 0.25) is 0 Å². The number of hydrogen-bond donors (Lipinski definition) is 4. The van der Waals surface area contributed by atoms with Crippen molar-refractivity contribution in [3.8, 4) is 34.1 Å². The smallest absolute Gasteiger partial charge is 0.343 e. The van der Waals surface area contributed by atoms with Gasteiger partial charge in [0, 0.05) is 5.56 Å². The largest absolute Gasteiger partial charge is 0.508 e. The van der Waals surface area contributed by atoms with Crippen LogP contribution in [0.1, 0.15) is 31.8 Å². The lowest BCUT2D eigenvalue weighted by atomic mass is 10.0. The van der Waals surface area contributed by atoms with Gasteiger partial charge >= 0.3 is 11.9 Å². The third-order valence-electron chi connectivity index (χ3n) is 7.38. The molecule has 46 heavy (non-hydrogen) atoms. The molecule has 0 radical (unpaired) electrons. The van der Waals surface area contributed by atoms with E-state index in [9.17, 15) is 24.9 Å².